The number of ether oxygens (including phenoxy) is 1. The fraction of sp³-hybridized carbons (Fsp3) is 0.188. The summed E-state index contributed by atoms with van der Waals surface area (Å²) in [5.41, 5.74) is 3.68. The lowest BCUT2D eigenvalue weighted by molar-refractivity contribution is 0.415. The third-order valence-corrected chi connectivity index (χ3v) is 3.08. The smallest absolute Gasteiger partial charge is 0.120 e. The van der Waals surface area contributed by atoms with Gasteiger partial charge in [-0.1, -0.05) is 12.1 Å². The maximum absolute atomic E-state index is 9.20. The summed E-state index contributed by atoms with van der Waals surface area (Å²) in [6, 6.07) is 15.8. The van der Waals surface area contributed by atoms with Crippen molar-refractivity contribution in [1.82, 2.24) is 0 Å². The average Bonchev–Trinajstić information content (AvgIpc) is 2.46. The molecule has 0 heterocycles. The lowest BCUT2D eigenvalue weighted by Crippen LogP contribution is -2.11. The summed E-state index contributed by atoms with van der Waals surface area (Å²) in [7, 11) is 3.59. The zero-order valence-electron chi connectivity index (χ0n) is 11.3. The number of aryl methyl sites for hydroxylation is 1. The van der Waals surface area contributed by atoms with Crippen molar-refractivity contribution >= 4 is 11.4 Å². The minimum absolute atomic E-state index is 0.663. The zero-order valence-corrected chi connectivity index (χ0v) is 11.3. The Balaban J connectivity index is 2.46. The minimum Gasteiger partial charge on any atom is -0.497 e. The number of nitriles is 1. The van der Waals surface area contributed by atoms with Gasteiger partial charge >= 0.3 is 0 Å². The van der Waals surface area contributed by atoms with E-state index in [1.165, 1.54) is 0 Å². The second-order valence-corrected chi connectivity index (χ2v) is 4.39. The van der Waals surface area contributed by atoms with E-state index in [9.17, 15) is 5.26 Å². The SMILES string of the molecule is COc1cccc(N(C)c2cc(C)ccc2C#N)c1. The minimum atomic E-state index is 0.663. The van der Waals surface area contributed by atoms with Gasteiger partial charge in [0.25, 0.3) is 0 Å². The van der Waals surface area contributed by atoms with E-state index in [2.05, 4.69) is 6.07 Å². The number of hydrogen-bond acceptors (Lipinski definition) is 3. The van der Waals surface area contributed by atoms with E-state index in [1.54, 1.807) is 7.11 Å². The molecular weight excluding hydrogens is 236 g/mol. The van der Waals surface area contributed by atoms with Crippen molar-refractivity contribution in [3.63, 3.8) is 0 Å². The topological polar surface area (TPSA) is 36.3 Å². The normalized spacial score (nSPS) is 9.79. The Bertz CT molecular complexity index is 629. The molecule has 0 saturated heterocycles. The van der Waals surface area contributed by atoms with Crippen LogP contribution in [0, 0.1) is 18.3 Å². The quantitative estimate of drug-likeness (QED) is 0.836. The predicted octanol–water partition coefficient (Wildman–Crippen LogP) is 3.64. The van der Waals surface area contributed by atoms with Crippen LogP contribution in [0.5, 0.6) is 5.75 Å². The number of benzene rings is 2. The van der Waals surface area contributed by atoms with Crippen molar-refractivity contribution < 1.29 is 4.74 Å². The number of hydrogen-bond donors (Lipinski definition) is 0. The molecule has 0 aliphatic rings. The number of methoxy groups -OCH3 is 1. The number of rotatable bonds is 3. The molecule has 0 unspecified atom stereocenters. The molecular formula is C16H16N2O. The molecule has 0 N–H and O–H groups in total. The van der Waals surface area contributed by atoms with Crippen molar-refractivity contribution in [3.8, 4) is 11.8 Å². The highest BCUT2D eigenvalue weighted by atomic mass is 16.5. The lowest BCUT2D eigenvalue weighted by Gasteiger charge is -2.21. The maximum Gasteiger partial charge on any atom is 0.120 e. The van der Waals surface area contributed by atoms with Gasteiger partial charge in [-0.2, -0.15) is 5.26 Å². The van der Waals surface area contributed by atoms with E-state index < -0.39 is 0 Å². The van der Waals surface area contributed by atoms with Gasteiger partial charge in [-0.15, -0.1) is 0 Å². The van der Waals surface area contributed by atoms with E-state index >= 15 is 0 Å². The largest absolute Gasteiger partial charge is 0.497 e. The van der Waals surface area contributed by atoms with Crippen molar-refractivity contribution in [1.29, 1.82) is 5.26 Å². The first-order valence-electron chi connectivity index (χ1n) is 6.04. The van der Waals surface area contributed by atoms with Crippen LogP contribution >= 0.6 is 0 Å². The molecule has 0 aliphatic heterocycles. The highest BCUT2D eigenvalue weighted by Gasteiger charge is 2.10. The van der Waals surface area contributed by atoms with E-state index in [1.807, 2.05) is 61.3 Å². The molecule has 3 nitrogen and oxygen atoms in total. The van der Waals surface area contributed by atoms with Gasteiger partial charge in [0.1, 0.15) is 11.8 Å². The first kappa shape index (κ1) is 13.0. The fourth-order valence-corrected chi connectivity index (χ4v) is 1.97. The predicted molar refractivity (Wildman–Crippen MR) is 77.0 cm³/mol. The summed E-state index contributed by atoms with van der Waals surface area (Å²) in [4.78, 5) is 1.99. The summed E-state index contributed by atoms with van der Waals surface area (Å²) in [5.74, 6) is 0.801. The molecule has 19 heavy (non-hydrogen) atoms. The average molecular weight is 252 g/mol. The van der Waals surface area contributed by atoms with Gasteiger partial charge in [0.15, 0.2) is 0 Å². The second kappa shape index (κ2) is 5.45. The molecule has 0 fully saturated rings. The van der Waals surface area contributed by atoms with Crippen LogP contribution in [-0.2, 0) is 0 Å². The molecule has 0 aliphatic carbocycles. The molecule has 96 valence electrons. The fourth-order valence-electron chi connectivity index (χ4n) is 1.97. The molecule has 2 rings (SSSR count). The summed E-state index contributed by atoms with van der Waals surface area (Å²) in [5, 5.41) is 9.20. The Morgan fingerprint density at radius 1 is 1.16 bits per heavy atom. The summed E-state index contributed by atoms with van der Waals surface area (Å²) < 4.78 is 5.23. The van der Waals surface area contributed by atoms with E-state index in [0.717, 1.165) is 22.7 Å². The van der Waals surface area contributed by atoms with Crippen molar-refractivity contribution in [2.24, 2.45) is 0 Å². The molecule has 0 atom stereocenters. The Hall–Kier alpha value is -2.47. The molecule has 3 heteroatoms. The van der Waals surface area contributed by atoms with Gasteiger partial charge in [0.2, 0.25) is 0 Å². The van der Waals surface area contributed by atoms with Gasteiger partial charge in [0, 0.05) is 18.8 Å². The Labute approximate surface area is 113 Å². The van der Waals surface area contributed by atoms with Crippen LogP contribution in [0.3, 0.4) is 0 Å². The first-order chi connectivity index (χ1) is 9.15. The van der Waals surface area contributed by atoms with Gasteiger partial charge in [-0.3, -0.25) is 0 Å². The van der Waals surface area contributed by atoms with Crippen LogP contribution in [0.4, 0.5) is 11.4 Å². The Morgan fingerprint density at radius 2 is 1.95 bits per heavy atom. The number of nitrogens with zero attached hydrogens (tertiary/aromatic N) is 2. The summed E-state index contributed by atoms with van der Waals surface area (Å²) in [6.07, 6.45) is 0. The molecule has 0 amide bonds. The van der Waals surface area contributed by atoms with Gasteiger partial charge in [-0.05, 0) is 36.8 Å². The van der Waals surface area contributed by atoms with Crippen molar-refractivity contribution in [2.45, 2.75) is 6.92 Å². The molecule has 0 radical (unpaired) electrons. The van der Waals surface area contributed by atoms with Crippen LogP contribution in [0.25, 0.3) is 0 Å². The zero-order chi connectivity index (χ0) is 13.8. The molecule has 0 spiro atoms. The lowest BCUT2D eigenvalue weighted by atomic mass is 10.1. The van der Waals surface area contributed by atoms with Crippen LogP contribution < -0.4 is 9.64 Å². The van der Waals surface area contributed by atoms with Crippen molar-refractivity contribution in [2.75, 3.05) is 19.1 Å². The van der Waals surface area contributed by atoms with Crippen LogP contribution in [0.2, 0.25) is 0 Å². The summed E-state index contributed by atoms with van der Waals surface area (Å²) in [6.45, 7) is 2.02. The second-order valence-electron chi connectivity index (χ2n) is 4.39. The van der Waals surface area contributed by atoms with Gasteiger partial charge < -0.3 is 9.64 Å². The molecule has 0 aromatic heterocycles. The van der Waals surface area contributed by atoms with Crippen molar-refractivity contribution in [3.05, 3.63) is 53.6 Å². The van der Waals surface area contributed by atoms with Crippen LogP contribution in [-0.4, -0.2) is 14.2 Å². The van der Waals surface area contributed by atoms with E-state index in [-0.39, 0.29) is 0 Å². The Morgan fingerprint density at radius 3 is 2.63 bits per heavy atom. The monoisotopic (exact) mass is 252 g/mol. The highest BCUT2D eigenvalue weighted by molar-refractivity contribution is 5.70. The van der Waals surface area contributed by atoms with E-state index in [0.29, 0.717) is 5.56 Å². The molecule has 2 aromatic rings. The molecule has 0 bridgehead atoms. The maximum atomic E-state index is 9.20. The number of anilines is 2. The summed E-state index contributed by atoms with van der Waals surface area (Å²) >= 11 is 0. The van der Waals surface area contributed by atoms with Crippen LogP contribution in [0.1, 0.15) is 11.1 Å². The van der Waals surface area contributed by atoms with Crippen LogP contribution in [0.15, 0.2) is 42.5 Å². The highest BCUT2D eigenvalue weighted by Crippen LogP contribution is 2.29. The first-order valence-corrected chi connectivity index (χ1v) is 6.04. The molecule has 2 aromatic carbocycles. The van der Waals surface area contributed by atoms with E-state index in [4.69, 9.17) is 4.74 Å². The Kier molecular flexibility index (Phi) is 3.72. The van der Waals surface area contributed by atoms with Gasteiger partial charge in [0.05, 0.1) is 18.4 Å². The third kappa shape index (κ3) is 2.69. The third-order valence-electron chi connectivity index (χ3n) is 3.08. The standard InChI is InChI=1S/C16H16N2O/c1-12-7-8-13(11-17)16(9-12)18(2)14-5-4-6-15(10-14)19-3/h4-10H,1-3H3. The van der Waals surface area contributed by atoms with Gasteiger partial charge in [-0.25, -0.2) is 0 Å². The molecule has 0 saturated carbocycles.